The fourth-order valence-corrected chi connectivity index (χ4v) is 5.32. The van der Waals surface area contributed by atoms with Crippen LogP contribution in [0.25, 0.3) is 0 Å². The Morgan fingerprint density at radius 3 is 2.62 bits per heavy atom. The molecular formula is C26H32N2O4. The first-order valence-electron chi connectivity index (χ1n) is 11.8. The number of carbonyl (C=O) groups is 1. The van der Waals surface area contributed by atoms with Crippen LogP contribution >= 0.6 is 0 Å². The highest BCUT2D eigenvalue weighted by Gasteiger charge is 2.29. The van der Waals surface area contributed by atoms with Gasteiger partial charge in [0, 0.05) is 36.3 Å². The van der Waals surface area contributed by atoms with Crippen molar-refractivity contribution in [1.29, 1.82) is 0 Å². The van der Waals surface area contributed by atoms with Crippen molar-refractivity contribution in [1.82, 2.24) is 10.2 Å². The molecule has 6 nitrogen and oxygen atoms in total. The van der Waals surface area contributed by atoms with E-state index in [1.54, 1.807) is 0 Å². The number of likely N-dealkylation sites (tertiary alicyclic amines) is 1. The van der Waals surface area contributed by atoms with Crippen molar-refractivity contribution >= 4 is 5.91 Å². The summed E-state index contributed by atoms with van der Waals surface area (Å²) in [6.45, 7) is 3.75. The Morgan fingerprint density at radius 2 is 1.84 bits per heavy atom. The number of carbonyl (C=O) groups excluding carboxylic acids is 1. The third kappa shape index (κ3) is 4.34. The monoisotopic (exact) mass is 436 g/mol. The van der Waals surface area contributed by atoms with Gasteiger partial charge in [0.25, 0.3) is 5.91 Å². The van der Waals surface area contributed by atoms with Gasteiger partial charge in [-0.15, -0.1) is 0 Å². The summed E-state index contributed by atoms with van der Waals surface area (Å²) in [5.41, 5.74) is 3.20. The minimum atomic E-state index is -0.267. The molecule has 2 fully saturated rings. The molecule has 1 aliphatic carbocycles. The van der Waals surface area contributed by atoms with Crippen LogP contribution in [0.1, 0.15) is 72.5 Å². The van der Waals surface area contributed by atoms with Crippen LogP contribution in [0.15, 0.2) is 42.5 Å². The van der Waals surface area contributed by atoms with Crippen molar-refractivity contribution in [2.45, 2.75) is 63.1 Å². The molecule has 1 saturated heterocycles. The van der Waals surface area contributed by atoms with E-state index in [1.165, 1.54) is 5.56 Å². The van der Waals surface area contributed by atoms with Crippen molar-refractivity contribution in [2.24, 2.45) is 0 Å². The smallest absolute Gasteiger partial charge is 0.253 e. The number of piperidine rings is 1. The van der Waals surface area contributed by atoms with Gasteiger partial charge in [-0.25, -0.2) is 0 Å². The number of ether oxygens (including phenoxy) is 2. The summed E-state index contributed by atoms with van der Waals surface area (Å²) in [6, 6.07) is 14.9. The highest BCUT2D eigenvalue weighted by Crippen LogP contribution is 2.40. The average molecular weight is 437 g/mol. The molecule has 1 saturated carbocycles. The predicted molar refractivity (Wildman–Crippen MR) is 122 cm³/mol. The van der Waals surface area contributed by atoms with Gasteiger partial charge in [-0.1, -0.05) is 24.3 Å². The van der Waals surface area contributed by atoms with Gasteiger partial charge < -0.3 is 24.8 Å². The largest absolute Gasteiger partial charge is 0.454 e. The number of amides is 1. The standard InChI is InChI=1S/C26H32N2O4/c1-17(23-3-2-4-24-25(23)32-16-31-24)27-21-10-9-20(15-21)18-5-7-19(8-6-18)26(30)28-13-11-22(29)12-14-28/h2-8,17,20-22,27,29H,9-16H2,1H3. The van der Waals surface area contributed by atoms with Crippen LogP contribution in [0.2, 0.25) is 0 Å². The highest BCUT2D eigenvalue weighted by molar-refractivity contribution is 5.94. The second kappa shape index (κ2) is 9.12. The number of aliphatic hydroxyl groups excluding tert-OH is 1. The molecule has 3 aliphatic rings. The normalized spacial score (nSPS) is 24.0. The summed E-state index contributed by atoms with van der Waals surface area (Å²) in [4.78, 5) is 14.6. The molecule has 1 amide bonds. The van der Waals surface area contributed by atoms with Gasteiger partial charge in [0.2, 0.25) is 6.79 Å². The number of nitrogens with zero attached hydrogens (tertiary/aromatic N) is 1. The van der Waals surface area contributed by atoms with Crippen LogP contribution < -0.4 is 14.8 Å². The van der Waals surface area contributed by atoms with Crippen LogP contribution in [0.5, 0.6) is 11.5 Å². The third-order valence-electron chi connectivity index (χ3n) is 7.19. The molecule has 170 valence electrons. The molecular weight excluding hydrogens is 404 g/mol. The SMILES string of the molecule is CC(NC1CCC(c2ccc(C(=O)N3CCC(O)CC3)cc2)C1)c1cccc2c1OCO2. The Balaban J connectivity index is 1.18. The Hall–Kier alpha value is -2.57. The first kappa shape index (κ1) is 21.3. The maximum Gasteiger partial charge on any atom is 0.253 e. The first-order chi connectivity index (χ1) is 15.6. The number of fused-ring (bicyclic) bond motifs is 1. The zero-order chi connectivity index (χ0) is 22.1. The molecule has 0 bridgehead atoms. The minimum absolute atomic E-state index is 0.0739. The highest BCUT2D eigenvalue weighted by atomic mass is 16.7. The van der Waals surface area contributed by atoms with Crippen molar-refractivity contribution in [2.75, 3.05) is 19.9 Å². The maximum absolute atomic E-state index is 12.7. The number of rotatable bonds is 5. The van der Waals surface area contributed by atoms with Crippen molar-refractivity contribution < 1.29 is 19.4 Å². The molecule has 3 atom stereocenters. The van der Waals surface area contributed by atoms with E-state index in [0.717, 1.165) is 41.9 Å². The Labute approximate surface area is 189 Å². The van der Waals surface area contributed by atoms with E-state index in [-0.39, 0.29) is 18.1 Å². The lowest BCUT2D eigenvalue weighted by molar-refractivity contribution is 0.0546. The minimum Gasteiger partial charge on any atom is -0.454 e. The van der Waals surface area contributed by atoms with E-state index in [1.807, 2.05) is 29.2 Å². The van der Waals surface area contributed by atoms with Gasteiger partial charge in [-0.3, -0.25) is 4.79 Å². The van der Waals surface area contributed by atoms with Gasteiger partial charge in [0.1, 0.15) is 0 Å². The van der Waals surface area contributed by atoms with Crippen LogP contribution in [0, 0.1) is 0 Å². The molecule has 5 rings (SSSR count). The molecule has 2 heterocycles. The number of nitrogens with one attached hydrogen (secondary N) is 1. The average Bonchev–Trinajstić information content (AvgIpc) is 3.48. The zero-order valence-corrected chi connectivity index (χ0v) is 18.6. The number of para-hydroxylation sites is 1. The lowest BCUT2D eigenvalue weighted by atomic mass is 9.96. The molecule has 0 aromatic heterocycles. The van der Waals surface area contributed by atoms with E-state index in [4.69, 9.17) is 9.47 Å². The van der Waals surface area contributed by atoms with Gasteiger partial charge in [0.15, 0.2) is 11.5 Å². The van der Waals surface area contributed by atoms with Crippen molar-refractivity contribution in [3.05, 3.63) is 59.2 Å². The fraction of sp³-hybridized carbons (Fsp3) is 0.500. The second-order valence-corrected chi connectivity index (χ2v) is 9.32. The van der Waals surface area contributed by atoms with Crippen LogP contribution in [0.4, 0.5) is 0 Å². The Bertz CT molecular complexity index is 953. The lowest BCUT2D eigenvalue weighted by Crippen LogP contribution is -2.40. The van der Waals surface area contributed by atoms with Gasteiger partial charge in [-0.2, -0.15) is 0 Å². The van der Waals surface area contributed by atoms with Crippen LogP contribution in [-0.4, -0.2) is 47.9 Å². The maximum atomic E-state index is 12.7. The topological polar surface area (TPSA) is 71.0 Å². The van der Waals surface area contributed by atoms with Crippen molar-refractivity contribution in [3.63, 3.8) is 0 Å². The molecule has 2 aromatic carbocycles. The summed E-state index contributed by atoms with van der Waals surface area (Å²) in [7, 11) is 0. The zero-order valence-electron chi connectivity index (χ0n) is 18.6. The van der Waals surface area contributed by atoms with Crippen LogP contribution in [0.3, 0.4) is 0 Å². The van der Waals surface area contributed by atoms with E-state index in [2.05, 4.69) is 30.4 Å². The lowest BCUT2D eigenvalue weighted by Gasteiger charge is -2.29. The van der Waals surface area contributed by atoms with Crippen molar-refractivity contribution in [3.8, 4) is 11.5 Å². The quantitative estimate of drug-likeness (QED) is 0.741. The van der Waals surface area contributed by atoms with Crippen LogP contribution in [-0.2, 0) is 0 Å². The van der Waals surface area contributed by atoms with Gasteiger partial charge in [-0.05, 0) is 68.7 Å². The van der Waals surface area contributed by atoms with E-state index < -0.39 is 0 Å². The Kier molecular flexibility index (Phi) is 6.07. The summed E-state index contributed by atoms with van der Waals surface area (Å²) in [5.74, 6) is 2.28. The number of hydrogen-bond acceptors (Lipinski definition) is 5. The summed E-state index contributed by atoms with van der Waals surface area (Å²) < 4.78 is 11.2. The van der Waals surface area contributed by atoms with Gasteiger partial charge in [0.05, 0.1) is 6.10 Å². The molecule has 32 heavy (non-hydrogen) atoms. The molecule has 2 aliphatic heterocycles. The Morgan fingerprint density at radius 1 is 1.06 bits per heavy atom. The third-order valence-corrected chi connectivity index (χ3v) is 7.19. The molecule has 2 N–H and O–H groups in total. The fourth-order valence-electron chi connectivity index (χ4n) is 5.32. The van der Waals surface area contributed by atoms with E-state index >= 15 is 0 Å². The second-order valence-electron chi connectivity index (χ2n) is 9.32. The van der Waals surface area contributed by atoms with E-state index in [0.29, 0.717) is 44.7 Å². The first-order valence-corrected chi connectivity index (χ1v) is 11.8. The summed E-state index contributed by atoms with van der Waals surface area (Å²) in [6.07, 6.45) is 4.45. The number of hydrogen-bond donors (Lipinski definition) is 2. The summed E-state index contributed by atoms with van der Waals surface area (Å²) in [5, 5.41) is 13.4. The van der Waals surface area contributed by atoms with Gasteiger partial charge >= 0.3 is 0 Å². The molecule has 6 heteroatoms. The summed E-state index contributed by atoms with van der Waals surface area (Å²) >= 11 is 0. The predicted octanol–water partition coefficient (Wildman–Crippen LogP) is 4.00. The molecule has 2 aromatic rings. The molecule has 3 unspecified atom stereocenters. The van der Waals surface area contributed by atoms with E-state index in [9.17, 15) is 9.90 Å². The number of aliphatic hydroxyl groups is 1. The number of benzene rings is 2. The molecule has 0 radical (unpaired) electrons. The molecule has 0 spiro atoms.